The molecule has 2 aromatic carbocycles. The van der Waals surface area contributed by atoms with Gasteiger partial charge in [0.25, 0.3) is 0 Å². The van der Waals surface area contributed by atoms with Crippen LogP contribution >= 0.6 is 22.9 Å². The highest BCUT2D eigenvalue weighted by atomic mass is 35.5. The Hall–Kier alpha value is -2.37. The lowest BCUT2D eigenvalue weighted by atomic mass is 10.1. The summed E-state index contributed by atoms with van der Waals surface area (Å²) in [5.41, 5.74) is 3.77. The van der Waals surface area contributed by atoms with Crippen LogP contribution in [0.5, 0.6) is 0 Å². The molecule has 0 saturated carbocycles. The fraction of sp³-hybridized carbons (Fsp3) is 0.158. The van der Waals surface area contributed by atoms with Gasteiger partial charge in [0.1, 0.15) is 0 Å². The minimum absolute atomic E-state index is 0.210. The molecule has 0 fully saturated rings. The zero-order valence-corrected chi connectivity index (χ0v) is 15.2. The predicted octanol–water partition coefficient (Wildman–Crippen LogP) is 5.31. The fourth-order valence-corrected chi connectivity index (χ4v) is 3.16. The monoisotopic (exact) mass is 372 g/mol. The summed E-state index contributed by atoms with van der Waals surface area (Å²) >= 11 is 7.43. The number of nitrogens with one attached hydrogen (secondary N) is 1. The Kier molecular flexibility index (Phi) is 5.68. The van der Waals surface area contributed by atoms with Gasteiger partial charge in [-0.1, -0.05) is 35.9 Å². The van der Waals surface area contributed by atoms with Crippen molar-refractivity contribution >= 4 is 39.7 Å². The molecule has 1 aromatic heterocycles. The van der Waals surface area contributed by atoms with Crippen LogP contribution in [0.2, 0.25) is 5.02 Å². The van der Waals surface area contributed by atoms with Gasteiger partial charge in [-0.25, -0.2) is 4.98 Å². The van der Waals surface area contributed by atoms with Crippen LogP contribution in [0.3, 0.4) is 0 Å². The molecule has 3 aromatic rings. The first-order valence-electron chi connectivity index (χ1n) is 7.87. The molecule has 0 saturated heterocycles. The summed E-state index contributed by atoms with van der Waals surface area (Å²) in [5.74, 6) is -0.210. The quantitative estimate of drug-likeness (QED) is 0.595. The van der Waals surface area contributed by atoms with Gasteiger partial charge in [0.15, 0.2) is 5.13 Å². The van der Waals surface area contributed by atoms with Crippen LogP contribution in [0, 0.1) is 0 Å². The van der Waals surface area contributed by atoms with Gasteiger partial charge in [0, 0.05) is 21.7 Å². The van der Waals surface area contributed by atoms with Crippen molar-refractivity contribution in [2.24, 2.45) is 0 Å². The number of anilines is 2. The highest BCUT2D eigenvalue weighted by Gasteiger charge is 2.07. The molecule has 0 radical (unpaired) electrons. The number of aromatic nitrogens is 1. The van der Waals surface area contributed by atoms with E-state index in [2.05, 4.69) is 10.3 Å². The van der Waals surface area contributed by atoms with Gasteiger partial charge >= 0.3 is 5.97 Å². The molecule has 0 amide bonds. The zero-order valence-electron chi connectivity index (χ0n) is 13.7. The van der Waals surface area contributed by atoms with E-state index in [1.807, 2.05) is 53.9 Å². The van der Waals surface area contributed by atoms with Gasteiger partial charge in [-0.2, -0.15) is 0 Å². The third-order valence-corrected chi connectivity index (χ3v) is 4.51. The summed E-state index contributed by atoms with van der Waals surface area (Å²) in [6.45, 7) is 2.21. The van der Waals surface area contributed by atoms with Gasteiger partial charge in [-0.15, -0.1) is 11.3 Å². The van der Waals surface area contributed by atoms with Crippen molar-refractivity contribution in [3.63, 3.8) is 0 Å². The third-order valence-electron chi connectivity index (χ3n) is 3.50. The van der Waals surface area contributed by atoms with E-state index < -0.39 is 0 Å². The Morgan fingerprint density at radius 3 is 2.56 bits per heavy atom. The van der Waals surface area contributed by atoms with Crippen molar-refractivity contribution in [3.05, 3.63) is 64.5 Å². The van der Waals surface area contributed by atoms with Gasteiger partial charge in [0.05, 0.1) is 18.7 Å². The smallest absolute Gasteiger partial charge is 0.310 e. The van der Waals surface area contributed by atoms with E-state index in [0.717, 1.165) is 27.6 Å². The summed E-state index contributed by atoms with van der Waals surface area (Å²) in [7, 11) is 0. The Morgan fingerprint density at radius 1 is 1.16 bits per heavy atom. The molecule has 25 heavy (non-hydrogen) atoms. The first-order valence-corrected chi connectivity index (χ1v) is 9.13. The normalized spacial score (nSPS) is 10.5. The molecule has 3 rings (SSSR count). The Labute approximate surface area is 155 Å². The predicted molar refractivity (Wildman–Crippen MR) is 103 cm³/mol. The first kappa shape index (κ1) is 17.5. The van der Waals surface area contributed by atoms with E-state index in [4.69, 9.17) is 16.3 Å². The van der Waals surface area contributed by atoms with Crippen molar-refractivity contribution in [2.75, 3.05) is 11.9 Å². The molecule has 0 unspecified atom stereocenters. The maximum atomic E-state index is 11.5. The van der Waals surface area contributed by atoms with E-state index in [1.165, 1.54) is 11.3 Å². The van der Waals surface area contributed by atoms with Crippen molar-refractivity contribution in [3.8, 4) is 11.3 Å². The van der Waals surface area contributed by atoms with Crippen molar-refractivity contribution in [1.29, 1.82) is 0 Å². The number of halogens is 1. The topological polar surface area (TPSA) is 51.2 Å². The number of nitrogens with zero attached hydrogens (tertiary/aromatic N) is 1. The number of rotatable bonds is 6. The molecular weight excluding hydrogens is 356 g/mol. The lowest BCUT2D eigenvalue weighted by Crippen LogP contribution is -2.07. The zero-order chi connectivity index (χ0) is 17.6. The largest absolute Gasteiger partial charge is 0.466 e. The summed E-state index contributed by atoms with van der Waals surface area (Å²) in [6.07, 6.45) is 0.286. The van der Waals surface area contributed by atoms with Crippen molar-refractivity contribution in [2.45, 2.75) is 13.3 Å². The fourth-order valence-electron chi connectivity index (χ4n) is 2.29. The summed E-state index contributed by atoms with van der Waals surface area (Å²) in [4.78, 5) is 16.1. The van der Waals surface area contributed by atoms with Crippen LogP contribution < -0.4 is 5.32 Å². The summed E-state index contributed by atoms with van der Waals surface area (Å²) < 4.78 is 4.96. The SMILES string of the molecule is CCOC(=O)Cc1ccc(-c2csc(Nc3ccc(Cl)cc3)n2)cc1. The Morgan fingerprint density at radius 2 is 1.88 bits per heavy atom. The molecule has 0 spiro atoms. The molecule has 0 aliphatic rings. The number of carbonyl (C=O) groups is 1. The van der Waals surface area contributed by atoms with Crippen LogP contribution in [-0.2, 0) is 16.0 Å². The lowest BCUT2D eigenvalue weighted by Gasteiger charge is -2.03. The van der Waals surface area contributed by atoms with E-state index in [-0.39, 0.29) is 12.4 Å². The second-order valence-corrected chi connectivity index (χ2v) is 6.64. The van der Waals surface area contributed by atoms with Gasteiger partial charge < -0.3 is 10.1 Å². The van der Waals surface area contributed by atoms with E-state index in [0.29, 0.717) is 11.6 Å². The molecule has 4 nitrogen and oxygen atoms in total. The van der Waals surface area contributed by atoms with Crippen molar-refractivity contribution in [1.82, 2.24) is 4.98 Å². The van der Waals surface area contributed by atoms with Crippen LogP contribution in [-0.4, -0.2) is 17.6 Å². The molecule has 1 heterocycles. The number of thiazole rings is 1. The van der Waals surface area contributed by atoms with E-state index in [1.54, 1.807) is 6.92 Å². The number of hydrogen-bond donors (Lipinski definition) is 1. The Bertz CT molecular complexity index is 845. The molecule has 1 N–H and O–H groups in total. The standard InChI is InChI=1S/C19H17ClN2O2S/c1-2-24-18(23)11-13-3-5-14(6-4-13)17-12-25-19(22-17)21-16-9-7-15(20)8-10-16/h3-10,12H,2,11H2,1H3,(H,21,22). The molecular formula is C19H17ClN2O2S. The molecule has 0 aliphatic heterocycles. The van der Waals surface area contributed by atoms with Gasteiger partial charge in [-0.3, -0.25) is 4.79 Å². The number of benzene rings is 2. The molecule has 0 bridgehead atoms. The van der Waals surface area contributed by atoms with Crippen LogP contribution in [0.1, 0.15) is 12.5 Å². The van der Waals surface area contributed by atoms with Crippen LogP contribution in [0.25, 0.3) is 11.3 Å². The van der Waals surface area contributed by atoms with Crippen molar-refractivity contribution < 1.29 is 9.53 Å². The number of esters is 1. The maximum Gasteiger partial charge on any atom is 0.310 e. The average molecular weight is 373 g/mol. The van der Waals surface area contributed by atoms with E-state index >= 15 is 0 Å². The number of ether oxygens (including phenoxy) is 1. The highest BCUT2D eigenvalue weighted by Crippen LogP contribution is 2.27. The minimum atomic E-state index is -0.210. The second-order valence-electron chi connectivity index (χ2n) is 5.35. The lowest BCUT2D eigenvalue weighted by molar-refractivity contribution is -0.142. The number of hydrogen-bond acceptors (Lipinski definition) is 5. The molecule has 0 atom stereocenters. The molecule has 0 aliphatic carbocycles. The number of carbonyl (C=O) groups excluding carboxylic acids is 1. The molecule has 128 valence electrons. The van der Waals surface area contributed by atoms with Gasteiger partial charge in [-0.05, 0) is 36.8 Å². The second kappa shape index (κ2) is 8.14. The van der Waals surface area contributed by atoms with E-state index in [9.17, 15) is 4.79 Å². The van der Waals surface area contributed by atoms with Crippen LogP contribution in [0.4, 0.5) is 10.8 Å². The third kappa shape index (κ3) is 4.81. The van der Waals surface area contributed by atoms with Crippen LogP contribution in [0.15, 0.2) is 53.9 Å². The minimum Gasteiger partial charge on any atom is -0.466 e. The Balaban J connectivity index is 1.67. The highest BCUT2D eigenvalue weighted by molar-refractivity contribution is 7.14. The molecule has 6 heteroatoms. The summed E-state index contributed by atoms with van der Waals surface area (Å²) in [6, 6.07) is 15.3. The maximum absolute atomic E-state index is 11.5. The first-order chi connectivity index (χ1) is 12.1. The average Bonchev–Trinajstić information content (AvgIpc) is 3.06. The van der Waals surface area contributed by atoms with Gasteiger partial charge in [0.2, 0.25) is 0 Å². The summed E-state index contributed by atoms with van der Waals surface area (Å²) in [5, 5.41) is 6.77.